The van der Waals surface area contributed by atoms with Gasteiger partial charge in [-0.2, -0.15) is 0 Å². The van der Waals surface area contributed by atoms with Crippen molar-refractivity contribution in [2.75, 3.05) is 0 Å². The largest absolute Gasteiger partial charge is 0.455 e. The number of fused-ring (bicyclic) bond motifs is 3. The summed E-state index contributed by atoms with van der Waals surface area (Å²) in [7, 11) is -0.676. The fourth-order valence-electron chi connectivity index (χ4n) is 3.49. The molecule has 0 atom stereocenters. The second kappa shape index (κ2) is 6.44. The fourth-order valence-corrected chi connectivity index (χ4v) is 5.89. The highest BCUT2D eigenvalue weighted by Crippen LogP contribution is 2.38. The first kappa shape index (κ1) is 15.4. The van der Waals surface area contributed by atoms with Crippen LogP contribution in [0.1, 0.15) is 0 Å². The summed E-state index contributed by atoms with van der Waals surface area (Å²) < 4.78 is 6.32. The molecule has 26 heavy (non-hydrogen) atoms. The molecule has 0 spiro atoms. The molecule has 0 fully saturated rings. The van der Waals surface area contributed by atoms with Crippen LogP contribution in [0.5, 0.6) is 0 Å². The van der Waals surface area contributed by atoms with Gasteiger partial charge in [0.2, 0.25) is 0 Å². The van der Waals surface area contributed by atoms with Crippen LogP contribution in [-0.4, -0.2) is 0 Å². The van der Waals surface area contributed by atoms with Crippen molar-refractivity contribution in [2.24, 2.45) is 0 Å². The molecule has 5 aromatic rings. The summed E-state index contributed by atoms with van der Waals surface area (Å²) in [6, 6.07) is 36.3. The van der Waals surface area contributed by atoms with E-state index in [0.29, 0.717) is 0 Å². The normalized spacial score (nSPS) is 11.4. The van der Waals surface area contributed by atoms with Crippen molar-refractivity contribution in [3.63, 3.8) is 0 Å². The van der Waals surface area contributed by atoms with E-state index in [0.717, 1.165) is 11.2 Å². The number of hydrogen-bond donors (Lipinski definition) is 0. The maximum atomic E-state index is 6.32. The molecule has 124 valence electrons. The maximum Gasteiger partial charge on any atom is 0.143 e. The first-order chi connectivity index (χ1) is 12.9. The maximum absolute atomic E-state index is 6.32. The van der Waals surface area contributed by atoms with Crippen molar-refractivity contribution < 1.29 is 4.42 Å². The third kappa shape index (κ3) is 2.53. The summed E-state index contributed by atoms with van der Waals surface area (Å²) in [5.74, 6) is 0. The van der Waals surface area contributed by atoms with Crippen LogP contribution in [0, 0.1) is 0 Å². The molecule has 4 aromatic carbocycles. The Morgan fingerprint density at radius 3 is 1.77 bits per heavy atom. The average molecular weight is 352 g/mol. The molecule has 0 saturated heterocycles. The summed E-state index contributed by atoms with van der Waals surface area (Å²) in [5, 5.41) is 6.31. The molecule has 0 aliphatic rings. The van der Waals surface area contributed by atoms with Gasteiger partial charge in [0, 0.05) is 16.1 Å². The van der Waals surface area contributed by atoms with E-state index >= 15 is 0 Å². The molecule has 0 aliphatic carbocycles. The van der Waals surface area contributed by atoms with Gasteiger partial charge in [0.1, 0.15) is 11.2 Å². The van der Waals surface area contributed by atoms with Gasteiger partial charge in [-0.25, -0.2) is 0 Å². The highest BCUT2D eigenvalue weighted by molar-refractivity contribution is 7.80. The van der Waals surface area contributed by atoms with Crippen LogP contribution >= 0.6 is 7.92 Å². The molecule has 2 heteroatoms. The molecular formula is C24H17OP. The molecule has 1 aromatic heterocycles. The lowest BCUT2D eigenvalue weighted by molar-refractivity contribution is 0.671. The Kier molecular flexibility index (Phi) is 3.81. The molecule has 0 amide bonds. The van der Waals surface area contributed by atoms with Gasteiger partial charge in [-0.1, -0.05) is 97.1 Å². The molecule has 0 unspecified atom stereocenters. The Bertz CT molecular complexity index is 1140. The predicted molar refractivity (Wildman–Crippen MR) is 112 cm³/mol. The van der Waals surface area contributed by atoms with Crippen LogP contribution in [0.25, 0.3) is 21.9 Å². The van der Waals surface area contributed by atoms with Crippen molar-refractivity contribution in [2.45, 2.75) is 0 Å². The summed E-state index contributed by atoms with van der Waals surface area (Å²) >= 11 is 0. The number of furan rings is 1. The molecule has 0 radical (unpaired) electrons. The van der Waals surface area contributed by atoms with Crippen molar-refractivity contribution in [3.8, 4) is 0 Å². The van der Waals surface area contributed by atoms with Crippen LogP contribution in [0.3, 0.4) is 0 Å². The van der Waals surface area contributed by atoms with Crippen LogP contribution in [0.4, 0.5) is 0 Å². The molecule has 5 rings (SSSR count). The minimum Gasteiger partial charge on any atom is -0.455 e. The minimum atomic E-state index is -0.676. The van der Waals surface area contributed by atoms with Gasteiger partial charge in [0.25, 0.3) is 0 Å². The zero-order valence-corrected chi connectivity index (χ0v) is 15.1. The van der Waals surface area contributed by atoms with E-state index < -0.39 is 7.92 Å². The number of rotatable bonds is 3. The van der Waals surface area contributed by atoms with Crippen LogP contribution in [0.15, 0.2) is 108 Å². The van der Waals surface area contributed by atoms with Crippen molar-refractivity contribution >= 4 is 45.8 Å². The molecule has 1 heterocycles. The van der Waals surface area contributed by atoms with E-state index in [2.05, 4.69) is 91.0 Å². The van der Waals surface area contributed by atoms with Gasteiger partial charge in [-0.05, 0) is 24.6 Å². The van der Waals surface area contributed by atoms with Gasteiger partial charge < -0.3 is 4.42 Å². The van der Waals surface area contributed by atoms with Crippen LogP contribution in [0.2, 0.25) is 0 Å². The number of benzene rings is 4. The third-order valence-electron chi connectivity index (χ3n) is 4.65. The van der Waals surface area contributed by atoms with Gasteiger partial charge in [0.05, 0.1) is 0 Å². The highest BCUT2D eigenvalue weighted by atomic mass is 31.1. The summed E-state index contributed by atoms with van der Waals surface area (Å²) in [6.07, 6.45) is 0. The Morgan fingerprint density at radius 2 is 1.08 bits per heavy atom. The quantitative estimate of drug-likeness (QED) is 0.399. The Labute approximate surface area is 153 Å². The second-order valence-electron chi connectivity index (χ2n) is 6.26. The molecule has 0 bridgehead atoms. The summed E-state index contributed by atoms with van der Waals surface area (Å²) in [5.41, 5.74) is 1.96. The monoisotopic (exact) mass is 352 g/mol. The molecule has 1 nitrogen and oxygen atoms in total. The Hall–Kier alpha value is -2.89. The van der Waals surface area contributed by atoms with Gasteiger partial charge in [0.15, 0.2) is 0 Å². The first-order valence-corrected chi connectivity index (χ1v) is 10.1. The Morgan fingerprint density at radius 1 is 0.500 bits per heavy atom. The lowest BCUT2D eigenvalue weighted by Crippen LogP contribution is -2.20. The number of hydrogen-bond acceptors (Lipinski definition) is 1. The number of para-hydroxylation sites is 2. The van der Waals surface area contributed by atoms with Gasteiger partial charge >= 0.3 is 0 Å². The van der Waals surface area contributed by atoms with E-state index in [-0.39, 0.29) is 0 Å². The molecule has 0 N–H and O–H groups in total. The lowest BCUT2D eigenvalue weighted by Gasteiger charge is -2.19. The Balaban J connectivity index is 1.82. The summed E-state index contributed by atoms with van der Waals surface area (Å²) in [4.78, 5) is 0. The summed E-state index contributed by atoms with van der Waals surface area (Å²) in [6.45, 7) is 0. The van der Waals surface area contributed by atoms with Gasteiger partial charge in [-0.15, -0.1) is 0 Å². The molecule has 0 saturated carbocycles. The van der Waals surface area contributed by atoms with E-state index in [9.17, 15) is 0 Å². The first-order valence-electron chi connectivity index (χ1n) is 8.72. The second-order valence-corrected chi connectivity index (χ2v) is 8.44. The van der Waals surface area contributed by atoms with Gasteiger partial charge in [-0.3, -0.25) is 0 Å². The van der Waals surface area contributed by atoms with Crippen molar-refractivity contribution in [1.29, 1.82) is 0 Å². The zero-order chi connectivity index (χ0) is 17.3. The van der Waals surface area contributed by atoms with E-state index in [1.54, 1.807) is 0 Å². The smallest absolute Gasteiger partial charge is 0.143 e. The van der Waals surface area contributed by atoms with E-state index in [1.807, 2.05) is 12.1 Å². The average Bonchev–Trinajstić information content (AvgIpc) is 3.10. The van der Waals surface area contributed by atoms with Crippen LogP contribution < -0.4 is 15.9 Å². The fraction of sp³-hybridized carbons (Fsp3) is 0. The standard InChI is InChI=1S/C24H17OP/c1-3-10-18(11-4-1)26(19-12-5-2-6-13-19)23-17-9-15-21-20-14-7-8-16-22(20)25-24(21)23/h1-17H. The zero-order valence-electron chi connectivity index (χ0n) is 14.2. The highest BCUT2D eigenvalue weighted by Gasteiger charge is 2.21. The lowest BCUT2D eigenvalue weighted by atomic mass is 10.1. The SMILES string of the molecule is c1ccc(P(c2ccccc2)c2cccc3c2oc2ccccc23)cc1. The molecule has 0 aliphatic heterocycles. The topological polar surface area (TPSA) is 13.1 Å². The van der Waals surface area contributed by atoms with E-state index in [1.165, 1.54) is 26.7 Å². The van der Waals surface area contributed by atoms with Crippen molar-refractivity contribution in [3.05, 3.63) is 103 Å². The van der Waals surface area contributed by atoms with E-state index in [4.69, 9.17) is 4.42 Å². The minimum absolute atomic E-state index is 0.676. The third-order valence-corrected chi connectivity index (χ3v) is 7.12. The molecular weight excluding hydrogens is 335 g/mol. The predicted octanol–water partition coefficient (Wildman–Crippen LogP) is 5.34. The van der Waals surface area contributed by atoms with Crippen LogP contribution in [-0.2, 0) is 0 Å². The van der Waals surface area contributed by atoms with Crippen molar-refractivity contribution in [1.82, 2.24) is 0 Å².